The molecule has 2 aromatic carbocycles. The number of hydrogen-bond acceptors (Lipinski definition) is 2. The van der Waals surface area contributed by atoms with Crippen molar-refractivity contribution in [2.75, 3.05) is 13.6 Å². The van der Waals surface area contributed by atoms with E-state index in [2.05, 4.69) is 20.9 Å². The van der Waals surface area contributed by atoms with Crippen LogP contribution in [0, 0.1) is 0 Å². The van der Waals surface area contributed by atoms with Gasteiger partial charge in [0.15, 0.2) is 5.96 Å². The number of nitrogens with one attached hydrogen (secondary N) is 3. The Morgan fingerprint density at radius 3 is 2.41 bits per heavy atom. The number of amides is 1. The van der Waals surface area contributed by atoms with Gasteiger partial charge in [-0.25, -0.2) is 0 Å². The fraction of sp³-hybridized carbons (Fsp3) is 0.263. The Morgan fingerprint density at radius 1 is 1.00 bits per heavy atom. The van der Waals surface area contributed by atoms with Crippen molar-refractivity contribution in [3.05, 3.63) is 69.7 Å². The minimum Gasteiger partial charge on any atom is -0.356 e. The van der Waals surface area contributed by atoms with Crippen LogP contribution in [0.5, 0.6) is 0 Å². The number of benzene rings is 2. The summed E-state index contributed by atoms with van der Waals surface area (Å²) in [6, 6.07) is 15.2. The van der Waals surface area contributed by atoms with E-state index < -0.39 is 0 Å². The molecule has 0 bridgehead atoms. The zero-order chi connectivity index (χ0) is 18.8. The lowest BCUT2D eigenvalue weighted by Crippen LogP contribution is -2.38. The highest BCUT2D eigenvalue weighted by atomic mass is 127. The van der Waals surface area contributed by atoms with E-state index in [1.807, 2.05) is 36.4 Å². The number of halogens is 3. The predicted octanol–water partition coefficient (Wildman–Crippen LogP) is 3.98. The maximum Gasteiger partial charge on any atom is 0.222 e. The van der Waals surface area contributed by atoms with Gasteiger partial charge in [0, 0.05) is 43.1 Å². The van der Waals surface area contributed by atoms with Gasteiger partial charge in [-0.05, 0) is 23.3 Å². The first-order valence-corrected chi connectivity index (χ1v) is 9.03. The summed E-state index contributed by atoms with van der Waals surface area (Å²) in [5.41, 5.74) is 1.99. The summed E-state index contributed by atoms with van der Waals surface area (Å²) in [5.74, 6) is 0.587. The largest absolute Gasteiger partial charge is 0.356 e. The Kier molecular flexibility index (Phi) is 11.2. The average molecular weight is 521 g/mol. The van der Waals surface area contributed by atoms with Gasteiger partial charge >= 0.3 is 0 Å². The van der Waals surface area contributed by atoms with Crippen molar-refractivity contribution >= 4 is 59.0 Å². The second kappa shape index (κ2) is 12.8. The van der Waals surface area contributed by atoms with Gasteiger partial charge in [-0.15, -0.1) is 24.0 Å². The van der Waals surface area contributed by atoms with Gasteiger partial charge in [-0.3, -0.25) is 9.79 Å². The molecule has 146 valence electrons. The molecule has 1 amide bonds. The molecule has 0 spiro atoms. The van der Waals surface area contributed by atoms with Crippen LogP contribution >= 0.6 is 47.2 Å². The molecular formula is C19H23Cl2IN4O. The number of guanidine groups is 1. The van der Waals surface area contributed by atoms with Crippen molar-refractivity contribution in [1.29, 1.82) is 0 Å². The fourth-order valence-corrected chi connectivity index (χ4v) is 2.72. The number of carbonyl (C=O) groups excluding carboxylic acids is 1. The number of aliphatic imine (C=N–C) groups is 1. The molecule has 0 radical (unpaired) electrons. The van der Waals surface area contributed by atoms with Crippen LogP contribution in [0.2, 0.25) is 10.0 Å². The molecule has 0 atom stereocenters. The van der Waals surface area contributed by atoms with Crippen LogP contribution in [-0.4, -0.2) is 25.5 Å². The standard InChI is InChI=1S/C19H22Cl2N4O.HI/c1-22-19(25-13-15-7-8-16(20)11-17(15)21)23-10-9-18(26)24-12-14-5-3-2-4-6-14;/h2-8,11H,9-10,12-13H2,1H3,(H,24,26)(H2,22,23,25);1H. The molecule has 0 aliphatic heterocycles. The van der Waals surface area contributed by atoms with Gasteiger partial charge < -0.3 is 16.0 Å². The molecule has 0 heterocycles. The maximum absolute atomic E-state index is 11.9. The quantitative estimate of drug-likeness (QED) is 0.294. The van der Waals surface area contributed by atoms with E-state index in [0.717, 1.165) is 11.1 Å². The van der Waals surface area contributed by atoms with Gasteiger partial charge in [0.1, 0.15) is 0 Å². The van der Waals surface area contributed by atoms with Gasteiger partial charge in [-0.2, -0.15) is 0 Å². The smallest absolute Gasteiger partial charge is 0.222 e. The summed E-state index contributed by atoms with van der Waals surface area (Å²) in [7, 11) is 1.67. The molecule has 3 N–H and O–H groups in total. The summed E-state index contributed by atoms with van der Waals surface area (Å²) >= 11 is 12.0. The highest BCUT2D eigenvalue weighted by Gasteiger charge is 2.05. The first kappa shape index (κ1) is 23.5. The van der Waals surface area contributed by atoms with Crippen molar-refractivity contribution in [1.82, 2.24) is 16.0 Å². The molecule has 2 rings (SSSR count). The number of hydrogen-bond donors (Lipinski definition) is 3. The molecular weight excluding hydrogens is 498 g/mol. The molecule has 0 saturated heterocycles. The van der Waals surface area contributed by atoms with Crippen LogP contribution in [0.15, 0.2) is 53.5 Å². The lowest BCUT2D eigenvalue weighted by molar-refractivity contribution is -0.121. The first-order chi connectivity index (χ1) is 12.6. The molecule has 0 aliphatic carbocycles. The Balaban J connectivity index is 0.00000364. The van der Waals surface area contributed by atoms with Crippen LogP contribution in [-0.2, 0) is 17.9 Å². The molecule has 0 aliphatic rings. The van der Waals surface area contributed by atoms with Crippen molar-refractivity contribution < 1.29 is 4.79 Å². The van der Waals surface area contributed by atoms with E-state index in [9.17, 15) is 4.79 Å². The average Bonchev–Trinajstić information content (AvgIpc) is 2.65. The molecule has 0 unspecified atom stereocenters. The van der Waals surface area contributed by atoms with Crippen LogP contribution in [0.3, 0.4) is 0 Å². The second-order valence-electron chi connectivity index (χ2n) is 5.60. The topological polar surface area (TPSA) is 65.5 Å². The third-order valence-corrected chi connectivity index (χ3v) is 4.25. The van der Waals surface area contributed by atoms with Crippen molar-refractivity contribution in [3.63, 3.8) is 0 Å². The molecule has 8 heteroatoms. The summed E-state index contributed by atoms with van der Waals surface area (Å²) in [5, 5.41) is 10.4. The van der Waals surface area contributed by atoms with Gasteiger partial charge in [-0.1, -0.05) is 59.6 Å². The zero-order valence-electron chi connectivity index (χ0n) is 15.0. The second-order valence-corrected chi connectivity index (χ2v) is 6.44. The summed E-state index contributed by atoms with van der Waals surface area (Å²) in [4.78, 5) is 16.0. The Labute approximate surface area is 186 Å². The van der Waals surface area contributed by atoms with Gasteiger partial charge in [0.25, 0.3) is 0 Å². The minimum atomic E-state index is -0.0162. The van der Waals surface area contributed by atoms with Crippen LogP contribution in [0.25, 0.3) is 0 Å². The Morgan fingerprint density at radius 2 is 1.74 bits per heavy atom. The lowest BCUT2D eigenvalue weighted by Gasteiger charge is -2.13. The van der Waals surface area contributed by atoms with E-state index in [1.165, 1.54) is 0 Å². The minimum absolute atomic E-state index is 0. The van der Waals surface area contributed by atoms with Crippen molar-refractivity contribution in [2.24, 2.45) is 4.99 Å². The third-order valence-electron chi connectivity index (χ3n) is 3.66. The zero-order valence-corrected chi connectivity index (χ0v) is 18.8. The molecule has 5 nitrogen and oxygen atoms in total. The first-order valence-electron chi connectivity index (χ1n) is 8.27. The van der Waals surface area contributed by atoms with Crippen LogP contribution < -0.4 is 16.0 Å². The van der Waals surface area contributed by atoms with Gasteiger partial charge in [0.05, 0.1) is 0 Å². The van der Waals surface area contributed by atoms with E-state index in [0.29, 0.717) is 42.1 Å². The highest BCUT2D eigenvalue weighted by molar-refractivity contribution is 14.0. The molecule has 0 saturated carbocycles. The third kappa shape index (κ3) is 8.81. The predicted molar refractivity (Wildman–Crippen MR) is 123 cm³/mol. The lowest BCUT2D eigenvalue weighted by atomic mass is 10.2. The van der Waals surface area contributed by atoms with Crippen molar-refractivity contribution in [3.8, 4) is 0 Å². The number of rotatable bonds is 7. The highest BCUT2D eigenvalue weighted by Crippen LogP contribution is 2.20. The molecule has 0 fully saturated rings. The van der Waals surface area contributed by atoms with Crippen LogP contribution in [0.4, 0.5) is 0 Å². The Bertz CT molecular complexity index is 757. The SMILES string of the molecule is CN=C(NCCC(=O)NCc1ccccc1)NCc1ccc(Cl)cc1Cl.I. The van der Waals surface area contributed by atoms with E-state index in [4.69, 9.17) is 23.2 Å². The molecule has 2 aromatic rings. The molecule has 27 heavy (non-hydrogen) atoms. The van der Waals surface area contributed by atoms with Crippen LogP contribution in [0.1, 0.15) is 17.5 Å². The molecule has 0 aromatic heterocycles. The summed E-state index contributed by atoms with van der Waals surface area (Å²) in [6.07, 6.45) is 0.356. The maximum atomic E-state index is 11.9. The van der Waals surface area contributed by atoms with E-state index >= 15 is 0 Å². The fourth-order valence-electron chi connectivity index (χ4n) is 2.24. The Hall–Kier alpha value is -1.51. The number of nitrogens with zero attached hydrogens (tertiary/aromatic N) is 1. The van der Waals surface area contributed by atoms with E-state index in [1.54, 1.807) is 19.2 Å². The monoisotopic (exact) mass is 520 g/mol. The van der Waals surface area contributed by atoms with Gasteiger partial charge in [0.2, 0.25) is 5.91 Å². The summed E-state index contributed by atoms with van der Waals surface area (Å²) < 4.78 is 0. The normalized spacial score (nSPS) is 10.7. The summed E-state index contributed by atoms with van der Waals surface area (Å²) in [6.45, 7) is 1.52. The number of carbonyl (C=O) groups is 1. The van der Waals surface area contributed by atoms with E-state index in [-0.39, 0.29) is 29.9 Å². The van der Waals surface area contributed by atoms with Crippen molar-refractivity contribution in [2.45, 2.75) is 19.5 Å².